The monoisotopic (exact) mass is 499 g/mol. The van der Waals surface area contributed by atoms with E-state index in [0.29, 0.717) is 5.56 Å². The van der Waals surface area contributed by atoms with Crippen molar-refractivity contribution in [3.8, 4) is 0 Å². The minimum absolute atomic E-state index is 0.0691. The fraction of sp³-hybridized carbons (Fsp3) is 0.152. The van der Waals surface area contributed by atoms with Crippen molar-refractivity contribution in [1.82, 2.24) is 10.2 Å². The first kappa shape index (κ1) is 23.7. The van der Waals surface area contributed by atoms with Gasteiger partial charge in [-0.25, -0.2) is 4.90 Å². The van der Waals surface area contributed by atoms with Crippen molar-refractivity contribution in [1.29, 1.82) is 0 Å². The van der Waals surface area contributed by atoms with Gasteiger partial charge in [-0.1, -0.05) is 109 Å². The van der Waals surface area contributed by atoms with E-state index >= 15 is 0 Å². The van der Waals surface area contributed by atoms with Gasteiger partial charge in [0.1, 0.15) is 6.04 Å². The Morgan fingerprint density at radius 2 is 1.34 bits per heavy atom. The van der Waals surface area contributed by atoms with Gasteiger partial charge in [0, 0.05) is 23.1 Å². The molecule has 0 saturated carbocycles. The lowest BCUT2D eigenvalue weighted by Gasteiger charge is -2.31. The lowest BCUT2D eigenvalue weighted by Crippen LogP contribution is -2.48. The number of benzene rings is 4. The number of carbonyl (C=O) groups excluding carboxylic acids is 1. The quantitative estimate of drug-likeness (QED) is 0.308. The minimum Gasteiger partial charge on any atom is -0.842 e. The summed E-state index contributed by atoms with van der Waals surface area (Å²) in [6.07, 6.45) is 2.43. The van der Waals surface area contributed by atoms with Gasteiger partial charge >= 0.3 is 0 Å². The number of nitrogens with zero attached hydrogens (tertiary/aromatic N) is 2. The molecule has 2 aliphatic rings. The van der Waals surface area contributed by atoms with E-state index in [0.717, 1.165) is 35.5 Å². The first-order valence-electron chi connectivity index (χ1n) is 13.0. The number of nitrogens with one attached hydrogen (secondary N) is 1. The molecule has 0 bridgehead atoms. The topological polar surface area (TPSA) is 58.4 Å². The smallest absolute Gasteiger partial charge is 0.275 e. The maximum atomic E-state index is 14.1. The van der Waals surface area contributed by atoms with Gasteiger partial charge in [0.15, 0.2) is 12.1 Å². The highest BCUT2D eigenvalue weighted by Gasteiger charge is 2.54. The van der Waals surface area contributed by atoms with Crippen molar-refractivity contribution in [2.45, 2.75) is 24.5 Å². The number of rotatable bonds is 6. The third-order valence-electron chi connectivity index (χ3n) is 7.38. The zero-order valence-electron chi connectivity index (χ0n) is 21.0. The molecule has 2 aliphatic heterocycles. The average Bonchev–Trinajstić information content (AvgIpc) is 3.53. The van der Waals surface area contributed by atoms with Crippen LogP contribution in [-0.2, 0) is 0 Å². The summed E-state index contributed by atoms with van der Waals surface area (Å²) in [5.74, 6) is 0.627. The molecule has 0 aromatic heterocycles. The Labute approximate surface area is 223 Å². The minimum atomic E-state index is -0.282. The average molecular weight is 500 g/mol. The third-order valence-corrected chi connectivity index (χ3v) is 7.38. The van der Waals surface area contributed by atoms with Gasteiger partial charge in [-0.3, -0.25) is 9.37 Å². The molecule has 0 radical (unpaired) electrons. The Hall–Kier alpha value is -4.64. The highest BCUT2D eigenvalue weighted by molar-refractivity contribution is 5.98. The van der Waals surface area contributed by atoms with E-state index < -0.39 is 0 Å². The molecule has 0 saturated heterocycles. The van der Waals surface area contributed by atoms with Crippen molar-refractivity contribution in [2.24, 2.45) is 0 Å². The summed E-state index contributed by atoms with van der Waals surface area (Å²) in [5.41, 5.74) is 3.66. The highest BCUT2D eigenvalue weighted by Crippen LogP contribution is 2.45. The molecular formula is C33H29N3O2. The highest BCUT2D eigenvalue weighted by atomic mass is 16.3. The van der Waals surface area contributed by atoms with E-state index in [1.165, 1.54) is 0 Å². The first-order valence-corrected chi connectivity index (χ1v) is 13.0. The summed E-state index contributed by atoms with van der Waals surface area (Å²) in [7, 11) is 0. The molecule has 4 aromatic carbocycles. The first-order chi connectivity index (χ1) is 18.7. The third kappa shape index (κ3) is 4.48. The van der Waals surface area contributed by atoms with E-state index in [4.69, 9.17) is 0 Å². The molecule has 188 valence electrons. The summed E-state index contributed by atoms with van der Waals surface area (Å²) in [6.45, 7) is 0.743. The molecule has 5 nitrogen and oxygen atoms in total. The van der Waals surface area contributed by atoms with Crippen molar-refractivity contribution in [3.05, 3.63) is 149 Å². The zero-order valence-corrected chi connectivity index (χ0v) is 21.0. The molecule has 0 fully saturated rings. The van der Waals surface area contributed by atoms with Gasteiger partial charge in [0.2, 0.25) is 0 Å². The summed E-state index contributed by atoms with van der Waals surface area (Å²) in [6, 6.07) is 38.9. The standard InChI is InChI=1S/C33H29N3O2/c37-29(23-24-13-5-1-6-14-24)36-31(26-17-9-3-10-18-26)30(25-15-7-2-8-16-25)35-22-21-28(33(35)36)34-32(38)27-19-11-4-12-20-27/h1-20,23,28,30-31H,21-22H2,(H-,34,37,38)/b29-23-. The normalized spacial score (nSPS) is 20.9. The lowest BCUT2D eigenvalue weighted by molar-refractivity contribution is -0.560. The van der Waals surface area contributed by atoms with Crippen molar-refractivity contribution in [2.75, 3.05) is 6.54 Å². The predicted molar refractivity (Wildman–Crippen MR) is 147 cm³/mol. The van der Waals surface area contributed by atoms with Crippen LogP contribution >= 0.6 is 0 Å². The van der Waals surface area contributed by atoms with E-state index in [1.54, 1.807) is 6.08 Å². The van der Waals surface area contributed by atoms with E-state index in [1.807, 2.05) is 102 Å². The van der Waals surface area contributed by atoms with Crippen molar-refractivity contribution in [3.63, 3.8) is 0 Å². The van der Waals surface area contributed by atoms with Crippen LogP contribution in [0.5, 0.6) is 0 Å². The molecule has 0 aliphatic carbocycles. The van der Waals surface area contributed by atoms with Crippen LogP contribution in [0.15, 0.2) is 127 Å². The summed E-state index contributed by atoms with van der Waals surface area (Å²) < 4.78 is 2.32. The molecule has 4 aromatic rings. The Bertz CT molecular complexity index is 1470. The van der Waals surface area contributed by atoms with Crippen LogP contribution in [0.3, 0.4) is 0 Å². The Morgan fingerprint density at radius 3 is 1.97 bits per heavy atom. The summed E-state index contributed by atoms with van der Waals surface area (Å²) in [5, 5.41) is 17.4. The van der Waals surface area contributed by atoms with Crippen LogP contribution in [0, 0.1) is 0 Å². The second-order valence-corrected chi connectivity index (χ2v) is 9.71. The van der Waals surface area contributed by atoms with E-state index in [2.05, 4.69) is 34.2 Å². The second kappa shape index (κ2) is 10.4. The molecular weight excluding hydrogens is 470 g/mol. The molecule has 38 heavy (non-hydrogen) atoms. The zero-order chi connectivity index (χ0) is 25.9. The van der Waals surface area contributed by atoms with Crippen LogP contribution in [0.2, 0.25) is 0 Å². The fourth-order valence-corrected chi connectivity index (χ4v) is 5.73. The number of hydrogen-bond acceptors (Lipinski definition) is 3. The van der Waals surface area contributed by atoms with Gasteiger partial charge in [-0.05, 0) is 23.8 Å². The van der Waals surface area contributed by atoms with Crippen LogP contribution in [0.4, 0.5) is 0 Å². The largest absolute Gasteiger partial charge is 0.842 e. The SMILES string of the molecule is O=C(NC1CC[N+]2=C1N(/C([O-])=C/c1ccccc1)C(c1ccccc1)C2c1ccccc1)c1ccccc1. The van der Waals surface area contributed by atoms with E-state index in [9.17, 15) is 9.90 Å². The predicted octanol–water partition coefficient (Wildman–Crippen LogP) is 4.76. The molecule has 5 heteroatoms. The van der Waals surface area contributed by atoms with E-state index in [-0.39, 0.29) is 29.9 Å². The number of hydrogen-bond donors (Lipinski definition) is 1. The molecule has 1 N–H and O–H groups in total. The Morgan fingerprint density at radius 1 is 0.789 bits per heavy atom. The molecule has 1 amide bonds. The van der Waals surface area contributed by atoms with Gasteiger partial charge in [0.05, 0.1) is 12.4 Å². The van der Waals surface area contributed by atoms with Crippen molar-refractivity contribution < 1.29 is 14.5 Å². The van der Waals surface area contributed by atoms with Crippen LogP contribution < -0.4 is 10.4 Å². The Kier molecular flexibility index (Phi) is 6.49. The van der Waals surface area contributed by atoms with Gasteiger partial charge in [0.25, 0.3) is 11.7 Å². The summed E-state index contributed by atoms with van der Waals surface area (Å²) in [4.78, 5) is 15.1. The van der Waals surface area contributed by atoms with Crippen molar-refractivity contribution >= 4 is 17.8 Å². The second-order valence-electron chi connectivity index (χ2n) is 9.71. The number of amides is 1. The van der Waals surface area contributed by atoms with Crippen LogP contribution in [0.25, 0.3) is 6.08 Å². The summed E-state index contributed by atoms with van der Waals surface area (Å²) >= 11 is 0. The van der Waals surface area contributed by atoms with Gasteiger partial charge in [-0.15, -0.1) is 0 Å². The maximum Gasteiger partial charge on any atom is 0.275 e. The molecule has 6 rings (SSSR count). The lowest BCUT2D eigenvalue weighted by atomic mass is 9.92. The van der Waals surface area contributed by atoms with Crippen LogP contribution in [-0.4, -0.2) is 33.8 Å². The molecule has 2 heterocycles. The van der Waals surface area contributed by atoms with Gasteiger partial charge in [-0.2, -0.15) is 0 Å². The number of carbonyl (C=O) groups is 1. The van der Waals surface area contributed by atoms with Crippen LogP contribution in [0.1, 0.15) is 45.6 Å². The molecule has 3 unspecified atom stereocenters. The molecule has 3 atom stereocenters. The Balaban J connectivity index is 1.47. The number of amidine groups is 1. The fourth-order valence-electron chi connectivity index (χ4n) is 5.73. The molecule has 0 spiro atoms. The maximum absolute atomic E-state index is 14.1. The van der Waals surface area contributed by atoms with Gasteiger partial charge < -0.3 is 10.4 Å².